The van der Waals surface area contributed by atoms with Crippen molar-refractivity contribution in [2.24, 2.45) is 0 Å². The molecule has 0 aliphatic carbocycles. The first-order valence-corrected chi connectivity index (χ1v) is 8.84. The number of aromatic nitrogens is 2. The van der Waals surface area contributed by atoms with Crippen LogP contribution in [0.2, 0.25) is 0 Å². The molecular formula is C15H21N3O3S. The minimum Gasteiger partial charge on any atom is -0.339 e. The first-order chi connectivity index (χ1) is 10.1. The second-order valence-corrected chi connectivity index (χ2v) is 7.87. The van der Waals surface area contributed by atoms with Gasteiger partial charge in [0.15, 0.2) is 5.82 Å². The maximum Gasteiger partial charge on any atom is 0.231 e. The Morgan fingerprint density at radius 3 is 2.59 bits per heavy atom. The molecule has 0 fully saturated rings. The van der Waals surface area contributed by atoms with Crippen molar-refractivity contribution in [1.29, 1.82) is 0 Å². The average molecular weight is 323 g/mol. The van der Waals surface area contributed by atoms with E-state index < -0.39 is 15.6 Å². The summed E-state index contributed by atoms with van der Waals surface area (Å²) in [6, 6.07) is 6.19. The quantitative estimate of drug-likeness (QED) is 0.910. The Kier molecular flexibility index (Phi) is 4.39. The summed E-state index contributed by atoms with van der Waals surface area (Å²) in [6.07, 6.45) is 1.63. The number of rotatable bonds is 5. The summed E-state index contributed by atoms with van der Waals surface area (Å²) in [5.74, 6) is 0.783. The van der Waals surface area contributed by atoms with Crippen LogP contribution in [-0.2, 0) is 22.0 Å². The van der Waals surface area contributed by atoms with Crippen LogP contribution in [0.15, 0.2) is 22.7 Å². The topological polar surface area (TPSA) is 85.1 Å². The number of nitrogens with one attached hydrogen (secondary N) is 1. The molecule has 0 bridgehead atoms. The van der Waals surface area contributed by atoms with Crippen LogP contribution in [0.3, 0.4) is 0 Å². The lowest BCUT2D eigenvalue weighted by molar-refractivity contribution is 0.358. The van der Waals surface area contributed by atoms with Crippen LogP contribution in [0.1, 0.15) is 42.3 Å². The first kappa shape index (κ1) is 16.6. The van der Waals surface area contributed by atoms with E-state index in [1.165, 1.54) is 5.56 Å². The predicted octanol–water partition coefficient (Wildman–Crippen LogP) is 2.06. The SMILES string of the molecule is Cc1ccc(C)c(Cc2nc(C(C)(C)NS(C)(=O)=O)no2)c1. The van der Waals surface area contributed by atoms with Crippen molar-refractivity contribution in [2.75, 3.05) is 6.26 Å². The van der Waals surface area contributed by atoms with Crippen LogP contribution >= 0.6 is 0 Å². The Hall–Kier alpha value is -1.73. The molecule has 1 heterocycles. The fourth-order valence-corrected chi connectivity index (χ4v) is 3.26. The lowest BCUT2D eigenvalue weighted by Gasteiger charge is -2.20. The minimum absolute atomic E-state index is 0.318. The largest absolute Gasteiger partial charge is 0.339 e. The molecule has 0 unspecified atom stereocenters. The van der Waals surface area contributed by atoms with E-state index in [1.54, 1.807) is 13.8 Å². The maximum absolute atomic E-state index is 11.4. The Morgan fingerprint density at radius 2 is 1.95 bits per heavy atom. The number of aryl methyl sites for hydroxylation is 2. The van der Waals surface area contributed by atoms with Crippen molar-refractivity contribution in [3.63, 3.8) is 0 Å². The number of hydrogen-bond acceptors (Lipinski definition) is 5. The van der Waals surface area contributed by atoms with Gasteiger partial charge in [0, 0.05) is 0 Å². The Labute approximate surface area is 131 Å². The average Bonchev–Trinajstić information content (AvgIpc) is 2.80. The monoisotopic (exact) mass is 323 g/mol. The van der Waals surface area contributed by atoms with Crippen LogP contribution in [0.4, 0.5) is 0 Å². The molecule has 2 rings (SSSR count). The highest BCUT2D eigenvalue weighted by Gasteiger charge is 2.30. The normalized spacial score (nSPS) is 12.6. The highest BCUT2D eigenvalue weighted by molar-refractivity contribution is 7.88. The third-order valence-electron chi connectivity index (χ3n) is 3.31. The molecule has 0 saturated carbocycles. The molecule has 1 aromatic heterocycles. The molecule has 1 aromatic carbocycles. The summed E-state index contributed by atoms with van der Waals surface area (Å²) in [5.41, 5.74) is 2.51. The van der Waals surface area contributed by atoms with Crippen molar-refractivity contribution in [3.05, 3.63) is 46.6 Å². The van der Waals surface area contributed by atoms with Crippen molar-refractivity contribution >= 4 is 10.0 Å². The van der Waals surface area contributed by atoms with E-state index in [1.807, 2.05) is 13.8 Å². The lowest BCUT2D eigenvalue weighted by atomic mass is 10.0. The molecule has 7 heteroatoms. The van der Waals surface area contributed by atoms with Gasteiger partial charge in [0.25, 0.3) is 0 Å². The predicted molar refractivity (Wildman–Crippen MR) is 84.0 cm³/mol. The fourth-order valence-electron chi connectivity index (χ4n) is 2.24. The molecule has 0 aliphatic heterocycles. The van der Waals surface area contributed by atoms with Crippen molar-refractivity contribution in [2.45, 2.75) is 39.7 Å². The second-order valence-electron chi connectivity index (χ2n) is 6.12. The third-order valence-corrected chi connectivity index (χ3v) is 4.20. The standard InChI is InChI=1S/C15H21N3O3S/c1-10-6-7-11(2)12(8-10)9-13-16-14(17-21-13)15(3,4)18-22(5,19)20/h6-8,18H,9H2,1-5H3. The minimum atomic E-state index is -3.36. The molecule has 0 spiro atoms. The smallest absolute Gasteiger partial charge is 0.231 e. The molecule has 0 saturated heterocycles. The zero-order chi connectivity index (χ0) is 16.5. The molecule has 0 amide bonds. The van der Waals surface area contributed by atoms with Gasteiger partial charge in [0.05, 0.1) is 18.2 Å². The van der Waals surface area contributed by atoms with Gasteiger partial charge >= 0.3 is 0 Å². The Balaban J connectivity index is 2.23. The summed E-state index contributed by atoms with van der Waals surface area (Å²) < 4.78 is 30.6. The molecule has 22 heavy (non-hydrogen) atoms. The summed E-state index contributed by atoms with van der Waals surface area (Å²) in [7, 11) is -3.36. The number of hydrogen-bond donors (Lipinski definition) is 1. The maximum atomic E-state index is 11.4. The molecule has 120 valence electrons. The molecule has 1 N–H and O–H groups in total. The van der Waals surface area contributed by atoms with Gasteiger partial charge in [-0.1, -0.05) is 28.9 Å². The van der Waals surface area contributed by atoms with Gasteiger partial charge in [0.2, 0.25) is 15.9 Å². The van der Waals surface area contributed by atoms with E-state index in [4.69, 9.17) is 4.52 Å². The van der Waals surface area contributed by atoms with E-state index in [-0.39, 0.29) is 0 Å². The molecule has 0 aliphatic rings. The molecular weight excluding hydrogens is 302 g/mol. The summed E-state index contributed by atoms with van der Waals surface area (Å²) in [4.78, 5) is 4.33. The summed E-state index contributed by atoms with van der Waals surface area (Å²) in [5, 5.41) is 3.91. The zero-order valence-corrected chi connectivity index (χ0v) is 14.3. The number of benzene rings is 1. The Morgan fingerprint density at radius 1 is 1.27 bits per heavy atom. The van der Waals surface area contributed by atoms with Crippen LogP contribution < -0.4 is 4.72 Å². The van der Waals surface area contributed by atoms with Gasteiger partial charge in [-0.3, -0.25) is 0 Å². The summed E-state index contributed by atoms with van der Waals surface area (Å²) >= 11 is 0. The molecule has 0 atom stereocenters. The zero-order valence-electron chi connectivity index (χ0n) is 13.5. The van der Waals surface area contributed by atoms with Gasteiger partial charge in [-0.25, -0.2) is 13.1 Å². The number of nitrogens with zero attached hydrogens (tertiary/aromatic N) is 2. The van der Waals surface area contributed by atoms with Gasteiger partial charge in [-0.05, 0) is 38.8 Å². The van der Waals surface area contributed by atoms with E-state index in [9.17, 15) is 8.42 Å². The highest BCUT2D eigenvalue weighted by atomic mass is 32.2. The first-order valence-electron chi connectivity index (χ1n) is 6.95. The van der Waals surface area contributed by atoms with Gasteiger partial charge in [-0.15, -0.1) is 0 Å². The van der Waals surface area contributed by atoms with Gasteiger partial charge < -0.3 is 4.52 Å². The van der Waals surface area contributed by atoms with Crippen LogP contribution in [-0.4, -0.2) is 24.8 Å². The molecule has 6 nitrogen and oxygen atoms in total. The molecule has 2 aromatic rings. The van der Waals surface area contributed by atoms with Crippen molar-refractivity contribution in [3.8, 4) is 0 Å². The number of sulfonamides is 1. The van der Waals surface area contributed by atoms with E-state index >= 15 is 0 Å². The highest BCUT2D eigenvalue weighted by Crippen LogP contribution is 2.20. The van der Waals surface area contributed by atoms with Crippen LogP contribution in [0, 0.1) is 13.8 Å². The van der Waals surface area contributed by atoms with Crippen molar-refractivity contribution in [1.82, 2.24) is 14.9 Å². The van der Waals surface area contributed by atoms with Crippen LogP contribution in [0.5, 0.6) is 0 Å². The van der Waals surface area contributed by atoms with E-state index in [0.717, 1.165) is 17.4 Å². The molecule has 0 radical (unpaired) electrons. The fraction of sp³-hybridized carbons (Fsp3) is 0.467. The van der Waals surface area contributed by atoms with E-state index in [0.29, 0.717) is 18.1 Å². The Bertz CT molecular complexity index is 779. The van der Waals surface area contributed by atoms with E-state index in [2.05, 4.69) is 33.1 Å². The van der Waals surface area contributed by atoms with Crippen LogP contribution in [0.25, 0.3) is 0 Å². The second kappa shape index (κ2) is 5.81. The van der Waals surface area contributed by atoms with Gasteiger partial charge in [-0.2, -0.15) is 4.98 Å². The van der Waals surface area contributed by atoms with Crippen molar-refractivity contribution < 1.29 is 12.9 Å². The third kappa shape index (κ3) is 4.14. The summed E-state index contributed by atoms with van der Waals surface area (Å²) in [6.45, 7) is 7.45. The van der Waals surface area contributed by atoms with Gasteiger partial charge in [0.1, 0.15) is 0 Å². The lowest BCUT2D eigenvalue weighted by Crippen LogP contribution is -2.41.